The van der Waals surface area contributed by atoms with Crippen LogP contribution in [0.15, 0.2) is 0 Å². The van der Waals surface area contributed by atoms with Crippen LogP contribution < -0.4 is 0 Å². The van der Waals surface area contributed by atoms with Gasteiger partial charge >= 0.3 is 0 Å². The summed E-state index contributed by atoms with van der Waals surface area (Å²) in [6, 6.07) is 0. The monoisotopic (exact) mass is 214 g/mol. The number of hydrogen-bond acceptors (Lipinski definition) is 1. The van der Waals surface area contributed by atoms with E-state index in [0.29, 0.717) is 0 Å². The predicted octanol–water partition coefficient (Wildman–Crippen LogP) is 2.54. The Kier molecular flexibility index (Phi) is 7.35. The zero-order valence-electron chi connectivity index (χ0n) is 4.61. The molecular weight excluding hydrogens is 203 g/mol. The first-order valence-corrected chi connectivity index (χ1v) is 3.44. The SMILES string of the molecule is C1CCC1.COI. The summed E-state index contributed by atoms with van der Waals surface area (Å²) in [5.41, 5.74) is 0. The van der Waals surface area contributed by atoms with E-state index in [2.05, 4.69) is 3.07 Å². The van der Waals surface area contributed by atoms with Gasteiger partial charge in [0.05, 0.1) is 0 Å². The van der Waals surface area contributed by atoms with Crippen LogP contribution in [0.25, 0.3) is 0 Å². The van der Waals surface area contributed by atoms with E-state index < -0.39 is 0 Å². The predicted molar refractivity (Wildman–Crippen MR) is 39.5 cm³/mol. The maximum atomic E-state index is 4.22. The molecule has 0 saturated heterocycles. The van der Waals surface area contributed by atoms with Gasteiger partial charge in [-0.05, 0) is 0 Å². The number of hydrogen-bond donors (Lipinski definition) is 0. The van der Waals surface area contributed by atoms with Crippen molar-refractivity contribution in [3.63, 3.8) is 0 Å². The fraction of sp³-hybridized carbons (Fsp3) is 1.00. The standard InChI is InChI=1S/C4H8.CH3IO/c1-2-4-3-1;1-3-2/h1-4H2;1H3. The summed E-state index contributed by atoms with van der Waals surface area (Å²) in [7, 11) is 1.61. The lowest BCUT2D eigenvalue weighted by Gasteiger charge is -2.05. The fourth-order valence-corrected chi connectivity index (χ4v) is 0.250. The lowest BCUT2D eigenvalue weighted by atomic mass is 10.0. The minimum atomic E-state index is 1.50. The van der Waals surface area contributed by atoms with Gasteiger partial charge in [0, 0.05) is 7.11 Å². The molecule has 0 spiro atoms. The van der Waals surface area contributed by atoms with E-state index in [4.69, 9.17) is 0 Å². The zero-order chi connectivity index (χ0) is 5.54. The second-order valence-electron chi connectivity index (χ2n) is 1.57. The van der Waals surface area contributed by atoms with Gasteiger partial charge in [-0.3, -0.25) is 0 Å². The highest BCUT2D eigenvalue weighted by Crippen LogP contribution is 2.15. The van der Waals surface area contributed by atoms with E-state index in [-0.39, 0.29) is 0 Å². The van der Waals surface area contributed by atoms with E-state index in [1.165, 1.54) is 25.7 Å². The molecule has 1 aliphatic rings. The van der Waals surface area contributed by atoms with E-state index >= 15 is 0 Å². The van der Waals surface area contributed by atoms with Gasteiger partial charge in [-0.15, -0.1) is 0 Å². The molecule has 1 aliphatic carbocycles. The molecule has 0 aliphatic heterocycles. The van der Waals surface area contributed by atoms with Crippen LogP contribution in [0.2, 0.25) is 0 Å². The van der Waals surface area contributed by atoms with Gasteiger partial charge in [-0.2, -0.15) is 0 Å². The maximum Gasteiger partial charge on any atom is 0.109 e. The van der Waals surface area contributed by atoms with Crippen molar-refractivity contribution in [2.24, 2.45) is 0 Å². The van der Waals surface area contributed by atoms with Crippen molar-refractivity contribution in [2.45, 2.75) is 25.7 Å². The molecule has 1 rings (SSSR count). The molecule has 7 heavy (non-hydrogen) atoms. The molecule has 0 aromatic rings. The maximum absolute atomic E-state index is 4.22. The third kappa shape index (κ3) is 6.69. The van der Waals surface area contributed by atoms with Crippen LogP contribution in [0.4, 0.5) is 0 Å². The van der Waals surface area contributed by atoms with Gasteiger partial charge in [0.1, 0.15) is 23.0 Å². The van der Waals surface area contributed by atoms with E-state index in [0.717, 1.165) is 0 Å². The topological polar surface area (TPSA) is 9.23 Å². The van der Waals surface area contributed by atoms with Crippen molar-refractivity contribution >= 4 is 23.0 Å². The quantitative estimate of drug-likeness (QED) is 0.563. The molecule has 0 aromatic carbocycles. The molecule has 0 heterocycles. The molecule has 0 unspecified atom stereocenters. The Morgan fingerprint density at radius 3 is 1.29 bits per heavy atom. The van der Waals surface area contributed by atoms with Crippen LogP contribution >= 0.6 is 23.0 Å². The summed E-state index contributed by atoms with van der Waals surface area (Å²) in [5, 5.41) is 0. The van der Waals surface area contributed by atoms with Crippen LogP contribution in [0, 0.1) is 0 Å². The van der Waals surface area contributed by atoms with Crippen molar-refractivity contribution in [1.29, 1.82) is 0 Å². The summed E-state index contributed by atoms with van der Waals surface area (Å²) in [5.74, 6) is 0. The molecule has 0 aromatic heterocycles. The van der Waals surface area contributed by atoms with Gasteiger partial charge in [0.25, 0.3) is 0 Å². The first-order valence-electron chi connectivity index (χ1n) is 2.56. The van der Waals surface area contributed by atoms with Crippen LogP contribution in [-0.4, -0.2) is 7.11 Å². The Morgan fingerprint density at radius 2 is 1.29 bits per heavy atom. The highest BCUT2D eigenvalue weighted by Gasteiger charge is 1.95. The number of halogens is 1. The third-order valence-corrected chi connectivity index (χ3v) is 1.000. The minimum Gasteiger partial charge on any atom is -0.319 e. The Hall–Kier alpha value is 0.690. The molecule has 1 saturated carbocycles. The third-order valence-electron chi connectivity index (χ3n) is 1.000. The van der Waals surface area contributed by atoms with Crippen LogP contribution in [0.1, 0.15) is 25.7 Å². The van der Waals surface area contributed by atoms with Crippen molar-refractivity contribution in [1.82, 2.24) is 0 Å². The molecule has 2 heteroatoms. The number of rotatable bonds is 0. The molecule has 44 valence electrons. The summed E-state index contributed by atoms with van der Waals surface area (Å²) < 4.78 is 4.22. The van der Waals surface area contributed by atoms with Crippen molar-refractivity contribution in [3.05, 3.63) is 0 Å². The van der Waals surface area contributed by atoms with Crippen molar-refractivity contribution < 1.29 is 3.07 Å². The lowest BCUT2D eigenvalue weighted by Crippen LogP contribution is -1.85. The molecule has 1 fully saturated rings. The van der Waals surface area contributed by atoms with Crippen molar-refractivity contribution in [3.8, 4) is 0 Å². The smallest absolute Gasteiger partial charge is 0.109 e. The molecule has 0 radical (unpaired) electrons. The average Bonchev–Trinajstić information content (AvgIpc) is 1.27. The molecule has 1 nitrogen and oxygen atoms in total. The van der Waals surface area contributed by atoms with E-state index in [9.17, 15) is 0 Å². The summed E-state index contributed by atoms with van der Waals surface area (Å²) in [6.45, 7) is 0. The highest BCUT2D eigenvalue weighted by atomic mass is 127. The molecule has 0 amide bonds. The van der Waals surface area contributed by atoms with Crippen molar-refractivity contribution in [2.75, 3.05) is 7.11 Å². The Morgan fingerprint density at radius 1 is 1.14 bits per heavy atom. The zero-order valence-corrected chi connectivity index (χ0v) is 6.77. The first kappa shape index (κ1) is 7.69. The summed E-state index contributed by atoms with van der Waals surface area (Å²) in [6.07, 6.45) is 6.00. The molecule has 0 atom stereocenters. The normalized spacial score (nSPS) is 16.3. The molecule has 0 bridgehead atoms. The largest absolute Gasteiger partial charge is 0.319 e. The van der Waals surface area contributed by atoms with Gasteiger partial charge in [-0.25, -0.2) is 0 Å². The minimum absolute atomic E-state index is 1.50. The first-order chi connectivity index (χ1) is 3.41. The van der Waals surface area contributed by atoms with Crippen LogP contribution in [0.3, 0.4) is 0 Å². The second kappa shape index (κ2) is 6.69. The van der Waals surface area contributed by atoms with Crippen LogP contribution in [-0.2, 0) is 3.07 Å². The lowest BCUT2D eigenvalue weighted by molar-refractivity contribution is 0.504. The summed E-state index contributed by atoms with van der Waals surface area (Å²) >= 11 is 1.79. The Bertz CT molecular complexity index is 23.3. The van der Waals surface area contributed by atoms with Gasteiger partial charge in [0.2, 0.25) is 0 Å². The molecule has 0 N–H and O–H groups in total. The van der Waals surface area contributed by atoms with Gasteiger partial charge < -0.3 is 3.07 Å². The highest BCUT2D eigenvalue weighted by molar-refractivity contribution is 14.1. The fourth-order valence-electron chi connectivity index (χ4n) is 0.250. The van der Waals surface area contributed by atoms with Gasteiger partial charge in [-0.1, -0.05) is 25.7 Å². The second-order valence-corrected chi connectivity index (χ2v) is 2.45. The van der Waals surface area contributed by atoms with Gasteiger partial charge in [0.15, 0.2) is 0 Å². The van der Waals surface area contributed by atoms with Crippen LogP contribution in [0.5, 0.6) is 0 Å². The Labute approximate surface area is 59.1 Å². The average molecular weight is 214 g/mol. The Balaban J connectivity index is 0.000000110. The summed E-state index contributed by atoms with van der Waals surface area (Å²) in [4.78, 5) is 0. The molecular formula is C5H11IO. The van der Waals surface area contributed by atoms with E-state index in [1.807, 2.05) is 0 Å². The van der Waals surface area contributed by atoms with E-state index in [1.54, 1.807) is 30.1 Å².